The standard InChI is InChI=1S/C21H28BrN5O6/c1-12(25-18(29)17(28)23-2)10-20(32-4)5-7-21(8-6-20)16(26-27-19(30)33-21)13-9-15(31-3)24-11-14(13)22/h9,11-12H,5-8,10H2,1-4H3,(H,23,28)(H,25,29)(H,27,30)/t12-,20?,21?/m0/s1. The van der Waals surface area contributed by atoms with Crippen molar-refractivity contribution in [2.45, 2.75) is 56.3 Å². The Balaban J connectivity index is 1.81. The van der Waals surface area contributed by atoms with E-state index < -0.39 is 29.1 Å². The summed E-state index contributed by atoms with van der Waals surface area (Å²) in [6.07, 6.45) is 3.51. The van der Waals surface area contributed by atoms with Crippen molar-refractivity contribution >= 4 is 39.5 Å². The van der Waals surface area contributed by atoms with E-state index in [9.17, 15) is 14.4 Å². The lowest BCUT2D eigenvalue weighted by atomic mass is 9.70. The topological polar surface area (TPSA) is 140 Å². The Bertz CT molecular complexity index is 960. The van der Waals surface area contributed by atoms with Crippen LogP contribution in [0, 0.1) is 0 Å². The predicted octanol–water partition coefficient (Wildman–Crippen LogP) is 1.64. The van der Waals surface area contributed by atoms with Crippen LogP contribution in [0.2, 0.25) is 0 Å². The average molecular weight is 526 g/mol. The van der Waals surface area contributed by atoms with Gasteiger partial charge in [0.25, 0.3) is 0 Å². The largest absolute Gasteiger partial charge is 0.481 e. The normalized spacial score (nSPS) is 25.4. The number of ether oxygens (including phenoxy) is 3. The number of rotatable bonds is 6. The van der Waals surface area contributed by atoms with E-state index in [0.717, 1.165) is 0 Å². The van der Waals surface area contributed by atoms with Gasteiger partial charge < -0.3 is 24.8 Å². The van der Waals surface area contributed by atoms with Crippen molar-refractivity contribution in [2.24, 2.45) is 5.10 Å². The van der Waals surface area contributed by atoms with Crippen LogP contribution in [-0.2, 0) is 19.1 Å². The molecule has 3 amide bonds. The minimum Gasteiger partial charge on any atom is -0.481 e. The molecule has 12 heteroatoms. The summed E-state index contributed by atoms with van der Waals surface area (Å²) in [5.74, 6) is -0.982. The smallest absolute Gasteiger partial charge is 0.428 e. The third-order valence-corrected chi connectivity index (χ3v) is 6.80. The Morgan fingerprint density at radius 1 is 1.27 bits per heavy atom. The molecule has 1 saturated carbocycles. The molecule has 180 valence electrons. The molecule has 0 radical (unpaired) electrons. The number of likely N-dealkylation sites (N-methyl/N-ethyl adjacent to an activating group) is 1. The van der Waals surface area contributed by atoms with Gasteiger partial charge in [0, 0.05) is 42.5 Å². The van der Waals surface area contributed by atoms with Gasteiger partial charge in [0.1, 0.15) is 5.71 Å². The lowest BCUT2D eigenvalue weighted by molar-refractivity contribution is -0.139. The summed E-state index contributed by atoms with van der Waals surface area (Å²) >= 11 is 3.50. The maximum atomic E-state index is 12.1. The van der Waals surface area contributed by atoms with E-state index in [1.165, 1.54) is 14.2 Å². The Morgan fingerprint density at radius 2 is 1.97 bits per heavy atom. The van der Waals surface area contributed by atoms with Gasteiger partial charge in [-0.25, -0.2) is 15.2 Å². The molecule has 1 aliphatic carbocycles. The van der Waals surface area contributed by atoms with Crippen LogP contribution in [0.3, 0.4) is 0 Å². The summed E-state index contributed by atoms with van der Waals surface area (Å²) < 4.78 is 17.7. The van der Waals surface area contributed by atoms with E-state index in [1.807, 2.05) is 6.92 Å². The van der Waals surface area contributed by atoms with Gasteiger partial charge in [0.2, 0.25) is 5.88 Å². The third-order valence-electron chi connectivity index (χ3n) is 6.16. The summed E-state index contributed by atoms with van der Waals surface area (Å²) in [5.41, 5.74) is 2.17. The first-order valence-corrected chi connectivity index (χ1v) is 11.3. The third kappa shape index (κ3) is 5.27. The first kappa shape index (κ1) is 24.9. The molecule has 0 aromatic carbocycles. The van der Waals surface area contributed by atoms with E-state index >= 15 is 0 Å². The van der Waals surface area contributed by atoms with Crippen molar-refractivity contribution in [1.82, 2.24) is 21.0 Å². The zero-order valence-corrected chi connectivity index (χ0v) is 20.6. The van der Waals surface area contributed by atoms with Crippen molar-refractivity contribution < 1.29 is 28.6 Å². The summed E-state index contributed by atoms with van der Waals surface area (Å²) in [7, 11) is 4.55. The Morgan fingerprint density at radius 3 is 2.58 bits per heavy atom. The summed E-state index contributed by atoms with van der Waals surface area (Å²) in [6, 6.07) is 1.44. The van der Waals surface area contributed by atoms with Crippen molar-refractivity contribution in [3.8, 4) is 5.88 Å². The van der Waals surface area contributed by atoms with E-state index in [0.29, 0.717) is 53.7 Å². The fraction of sp³-hybridized carbons (Fsp3) is 0.571. The number of halogens is 1. The second-order valence-corrected chi connectivity index (χ2v) is 9.06. The van der Waals surface area contributed by atoms with Gasteiger partial charge in [-0.15, -0.1) is 0 Å². The van der Waals surface area contributed by atoms with E-state index in [4.69, 9.17) is 14.2 Å². The number of hydrazone groups is 1. The van der Waals surface area contributed by atoms with Crippen LogP contribution >= 0.6 is 15.9 Å². The molecular formula is C21H28BrN5O6. The van der Waals surface area contributed by atoms with Crippen LogP contribution in [0.15, 0.2) is 21.8 Å². The number of carbonyl (C=O) groups is 3. The van der Waals surface area contributed by atoms with Crippen LogP contribution in [0.1, 0.15) is 44.6 Å². The Labute approximate surface area is 200 Å². The Hall–Kier alpha value is -2.73. The first-order chi connectivity index (χ1) is 15.7. The van der Waals surface area contributed by atoms with E-state index in [1.54, 1.807) is 19.4 Å². The molecule has 2 aliphatic rings. The van der Waals surface area contributed by atoms with Gasteiger partial charge in [-0.2, -0.15) is 5.10 Å². The molecule has 0 unspecified atom stereocenters. The highest BCUT2D eigenvalue weighted by atomic mass is 79.9. The molecule has 1 aromatic heterocycles. The fourth-order valence-electron chi connectivity index (χ4n) is 4.42. The highest BCUT2D eigenvalue weighted by Crippen LogP contribution is 2.45. The zero-order valence-electron chi connectivity index (χ0n) is 19.0. The second kappa shape index (κ2) is 10.0. The number of amides is 3. The molecule has 0 bridgehead atoms. The maximum Gasteiger partial charge on any atom is 0.428 e. The molecule has 1 aliphatic heterocycles. The minimum absolute atomic E-state index is 0.300. The monoisotopic (exact) mass is 525 g/mol. The number of hydrogen-bond donors (Lipinski definition) is 3. The van der Waals surface area contributed by atoms with Crippen LogP contribution < -0.4 is 20.8 Å². The highest BCUT2D eigenvalue weighted by Gasteiger charge is 2.51. The molecule has 2 heterocycles. The predicted molar refractivity (Wildman–Crippen MR) is 122 cm³/mol. The number of nitrogens with zero attached hydrogens (tertiary/aromatic N) is 2. The highest BCUT2D eigenvalue weighted by molar-refractivity contribution is 9.10. The maximum absolute atomic E-state index is 12.1. The molecule has 3 N–H and O–H groups in total. The summed E-state index contributed by atoms with van der Waals surface area (Å²) in [4.78, 5) is 39.8. The molecular weight excluding hydrogens is 498 g/mol. The quantitative estimate of drug-likeness (QED) is 0.479. The van der Waals surface area contributed by atoms with Crippen LogP contribution in [0.25, 0.3) is 0 Å². The zero-order chi connectivity index (χ0) is 24.2. The van der Waals surface area contributed by atoms with Crippen LogP contribution in [0.4, 0.5) is 4.79 Å². The minimum atomic E-state index is -0.951. The second-order valence-electron chi connectivity index (χ2n) is 8.21. The van der Waals surface area contributed by atoms with Crippen molar-refractivity contribution in [2.75, 3.05) is 21.3 Å². The number of pyridine rings is 1. The molecule has 1 aromatic rings. The van der Waals surface area contributed by atoms with Gasteiger partial charge >= 0.3 is 17.9 Å². The number of carbonyl (C=O) groups excluding carboxylic acids is 3. The first-order valence-electron chi connectivity index (χ1n) is 10.5. The molecule has 1 fully saturated rings. The molecule has 1 atom stereocenters. The SMILES string of the molecule is CNC(=O)C(=O)N[C@@H](C)CC1(OC)CCC2(CC1)OC(=O)NN=C2c1cc(OC)ncc1Br. The number of hydrogen-bond acceptors (Lipinski definition) is 8. The van der Waals surface area contributed by atoms with Crippen molar-refractivity contribution in [1.29, 1.82) is 0 Å². The van der Waals surface area contributed by atoms with Gasteiger partial charge in [-0.05, 0) is 55.0 Å². The van der Waals surface area contributed by atoms with Crippen molar-refractivity contribution in [3.05, 3.63) is 22.3 Å². The van der Waals surface area contributed by atoms with E-state index in [-0.39, 0.29) is 6.04 Å². The van der Waals surface area contributed by atoms with E-state index in [2.05, 4.69) is 42.1 Å². The van der Waals surface area contributed by atoms with Gasteiger partial charge in [-0.1, -0.05) is 0 Å². The molecule has 3 rings (SSSR count). The fourth-order valence-corrected chi connectivity index (χ4v) is 4.83. The summed E-state index contributed by atoms with van der Waals surface area (Å²) in [6.45, 7) is 1.82. The summed E-state index contributed by atoms with van der Waals surface area (Å²) in [5, 5.41) is 9.33. The van der Waals surface area contributed by atoms with Gasteiger partial charge in [0.05, 0.1) is 12.7 Å². The average Bonchev–Trinajstić information content (AvgIpc) is 2.81. The Kier molecular flexibility index (Phi) is 7.58. The molecule has 0 saturated heterocycles. The number of nitrogens with one attached hydrogen (secondary N) is 3. The molecule has 1 spiro atoms. The van der Waals surface area contributed by atoms with Gasteiger partial charge in [0.15, 0.2) is 5.60 Å². The molecule has 33 heavy (non-hydrogen) atoms. The van der Waals surface area contributed by atoms with Gasteiger partial charge in [-0.3, -0.25) is 9.59 Å². The number of aromatic nitrogens is 1. The number of methoxy groups -OCH3 is 2. The lowest BCUT2D eigenvalue weighted by Gasteiger charge is -2.47. The lowest BCUT2D eigenvalue weighted by Crippen LogP contribution is -2.56. The van der Waals surface area contributed by atoms with Crippen LogP contribution in [0.5, 0.6) is 5.88 Å². The molecule has 11 nitrogen and oxygen atoms in total. The van der Waals surface area contributed by atoms with Crippen LogP contribution in [-0.4, -0.2) is 67.1 Å². The van der Waals surface area contributed by atoms with Crippen molar-refractivity contribution in [3.63, 3.8) is 0 Å².